The fourth-order valence-corrected chi connectivity index (χ4v) is 4.10. The summed E-state index contributed by atoms with van der Waals surface area (Å²) in [6, 6.07) is 6.64. The van der Waals surface area contributed by atoms with Crippen LogP contribution in [0.5, 0.6) is 0 Å². The van der Waals surface area contributed by atoms with E-state index in [2.05, 4.69) is 15.6 Å². The third-order valence-corrected chi connectivity index (χ3v) is 6.12. The van der Waals surface area contributed by atoms with Crippen molar-refractivity contribution in [2.45, 2.75) is 64.8 Å². The van der Waals surface area contributed by atoms with Crippen molar-refractivity contribution in [3.8, 4) is 0 Å². The monoisotopic (exact) mass is 414 g/mol. The Labute approximate surface area is 178 Å². The van der Waals surface area contributed by atoms with Crippen LogP contribution >= 0.6 is 0 Å². The van der Waals surface area contributed by atoms with E-state index in [1.54, 1.807) is 18.9 Å². The molecule has 1 fully saturated rings. The lowest BCUT2D eigenvalue weighted by molar-refractivity contribution is -0.141. The number of nitrogens with one attached hydrogen (secondary N) is 3. The number of likely N-dealkylation sites (tertiary alicyclic amines) is 1. The third kappa shape index (κ3) is 4.52. The van der Waals surface area contributed by atoms with Gasteiger partial charge in [-0.1, -0.05) is 39.0 Å². The number of fused-ring (bicyclic) bond motifs is 1. The van der Waals surface area contributed by atoms with E-state index in [1.807, 2.05) is 51.2 Å². The second-order valence-corrected chi connectivity index (χ2v) is 9.34. The molecule has 1 unspecified atom stereocenters. The van der Waals surface area contributed by atoms with E-state index in [0.717, 1.165) is 16.5 Å². The Morgan fingerprint density at radius 1 is 1.30 bits per heavy atom. The Kier molecular flexibility index (Phi) is 6.53. The molecule has 0 bridgehead atoms. The van der Waals surface area contributed by atoms with Gasteiger partial charge < -0.3 is 25.6 Å². The second kappa shape index (κ2) is 8.78. The van der Waals surface area contributed by atoms with Gasteiger partial charge in [-0.3, -0.25) is 9.59 Å². The van der Waals surface area contributed by atoms with Crippen LogP contribution in [0, 0.1) is 5.41 Å². The zero-order valence-corrected chi connectivity index (χ0v) is 18.5. The number of hydrogen-bond donors (Lipinski definition) is 4. The van der Waals surface area contributed by atoms with E-state index in [4.69, 9.17) is 0 Å². The van der Waals surface area contributed by atoms with E-state index < -0.39 is 23.6 Å². The first-order valence-corrected chi connectivity index (χ1v) is 10.6. The van der Waals surface area contributed by atoms with Gasteiger partial charge in [0.25, 0.3) is 0 Å². The lowest BCUT2D eigenvalue weighted by Crippen LogP contribution is -2.58. The van der Waals surface area contributed by atoms with Gasteiger partial charge in [-0.05, 0) is 43.9 Å². The summed E-state index contributed by atoms with van der Waals surface area (Å²) in [6.07, 6.45) is 2.47. The highest BCUT2D eigenvalue weighted by Gasteiger charge is 2.43. The summed E-state index contributed by atoms with van der Waals surface area (Å²) < 4.78 is 0. The predicted molar refractivity (Wildman–Crippen MR) is 118 cm³/mol. The van der Waals surface area contributed by atoms with Crippen molar-refractivity contribution >= 4 is 22.7 Å². The van der Waals surface area contributed by atoms with Crippen LogP contribution in [-0.4, -0.2) is 64.6 Å². The van der Waals surface area contributed by atoms with Gasteiger partial charge in [-0.15, -0.1) is 0 Å². The number of nitrogens with zero attached hydrogens (tertiary/aromatic N) is 1. The summed E-state index contributed by atoms with van der Waals surface area (Å²) in [5.74, 6) is -0.348. The van der Waals surface area contributed by atoms with Crippen molar-refractivity contribution < 1.29 is 14.7 Å². The number of carbonyl (C=O) groups excluding carboxylic acids is 2. The van der Waals surface area contributed by atoms with Crippen LogP contribution in [0.3, 0.4) is 0 Å². The third-order valence-electron chi connectivity index (χ3n) is 6.12. The summed E-state index contributed by atoms with van der Waals surface area (Å²) >= 11 is 0. The minimum Gasteiger partial charge on any atom is -0.391 e. The molecule has 164 valence electrons. The maximum atomic E-state index is 13.6. The summed E-state index contributed by atoms with van der Waals surface area (Å²) in [5, 5.41) is 17.6. The maximum absolute atomic E-state index is 13.6. The van der Waals surface area contributed by atoms with Crippen LogP contribution < -0.4 is 10.6 Å². The number of rotatable bonds is 6. The van der Waals surface area contributed by atoms with Crippen LogP contribution in [0.2, 0.25) is 0 Å². The number of H-pyrrole nitrogens is 1. The molecule has 1 aromatic carbocycles. The molecular formula is C23H34N4O3. The van der Waals surface area contributed by atoms with Gasteiger partial charge in [0, 0.05) is 23.6 Å². The number of benzene rings is 1. The predicted octanol–water partition coefficient (Wildman–Crippen LogP) is 1.81. The molecule has 7 heteroatoms. The minimum atomic E-state index is -0.670. The number of aromatic amines is 1. The number of aromatic nitrogens is 1. The topological polar surface area (TPSA) is 97.5 Å². The first-order valence-electron chi connectivity index (χ1n) is 10.6. The van der Waals surface area contributed by atoms with Crippen molar-refractivity contribution in [3.05, 3.63) is 36.0 Å². The second-order valence-electron chi connectivity index (χ2n) is 9.34. The van der Waals surface area contributed by atoms with Crippen molar-refractivity contribution in [3.63, 3.8) is 0 Å². The minimum absolute atomic E-state index is 0.138. The molecule has 4 N–H and O–H groups in total. The number of amides is 2. The van der Waals surface area contributed by atoms with Gasteiger partial charge in [-0.2, -0.15) is 0 Å². The number of carbonyl (C=O) groups is 2. The lowest BCUT2D eigenvalue weighted by atomic mass is 9.85. The largest absolute Gasteiger partial charge is 0.391 e. The first kappa shape index (κ1) is 22.3. The average Bonchev–Trinajstić information content (AvgIpc) is 3.28. The fraction of sp³-hybridized carbons (Fsp3) is 0.565. The molecule has 0 aliphatic carbocycles. The number of hydrogen-bond acceptors (Lipinski definition) is 4. The van der Waals surface area contributed by atoms with Crippen molar-refractivity contribution in [1.29, 1.82) is 0 Å². The molecule has 2 aromatic rings. The quantitative estimate of drug-likeness (QED) is 0.580. The standard InChI is InChI=1S/C23H34N4O3/c1-14(24-5)21(29)26-20(23(2,3)4)22(30)27-11-10-19(28)18(27)12-15-13-25-17-9-7-6-8-16(15)17/h6-9,13-14,18-20,24-25,28H,10-12H2,1-5H3,(H,26,29)/t14-,18-,19?,20+/m0/s1. The highest BCUT2D eigenvalue weighted by molar-refractivity contribution is 5.90. The molecule has 0 spiro atoms. The van der Waals surface area contributed by atoms with E-state index in [0.29, 0.717) is 19.4 Å². The van der Waals surface area contributed by atoms with E-state index in [9.17, 15) is 14.7 Å². The smallest absolute Gasteiger partial charge is 0.246 e. The molecule has 3 rings (SSSR count). The summed E-state index contributed by atoms with van der Waals surface area (Å²) in [6.45, 7) is 8.08. The molecule has 1 aromatic heterocycles. The molecule has 1 saturated heterocycles. The summed E-state index contributed by atoms with van der Waals surface area (Å²) in [7, 11) is 1.71. The average molecular weight is 415 g/mol. The number of aliphatic hydroxyl groups excluding tert-OH is 1. The van der Waals surface area contributed by atoms with Crippen LogP contribution in [0.25, 0.3) is 10.9 Å². The van der Waals surface area contributed by atoms with Crippen LogP contribution in [0.4, 0.5) is 0 Å². The van der Waals surface area contributed by atoms with Gasteiger partial charge in [0.2, 0.25) is 11.8 Å². The normalized spacial score (nSPS) is 21.6. The zero-order valence-electron chi connectivity index (χ0n) is 18.5. The highest BCUT2D eigenvalue weighted by atomic mass is 16.3. The SMILES string of the molecule is CN[C@@H](C)C(=O)N[C@H](C(=O)N1CCC(O)[C@@H]1Cc1c[nH]c2ccccc12)C(C)(C)C. The van der Waals surface area contributed by atoms with Crippen molar-refractivity contribution in [1.82, 2.24) is 20.5 Å². The van der Waals surface area contributed by atoms with Crippen molar-refractivity contribution in [2.24, 2.45) is 5.41 Å². The van der Waals surface area contributed by atoms with Crippen molar-refractivity contribution in [2.75, 3.05) is 13.6 Å². The highest BCUT2D eigenvalue weighted by Crippen LogP contribution is 2.29. The molecule has 0 saturated carbocycles. The summed E-state index contributed by atoms with van der Waals surface area (Å²) in [5.41, 5.74) is 1.66. The Bertz CT molecular complexity index is 901. The maximum Gasteiger partial charge on any atom is 0.246 e. The molecule has 4 atom stereocenters. The molecule has 30 heavy (non-hydrogen) atoms. The van der Waals surface area contributed by atoms with Crippen LogP contribution in [0.1, 0.15) is 39.7 Å². The Hall–Kier alpha value is -2.38. The Morgan fingerprint density at radius 3 is 2.67 bits per heavy atom. The van der Waals surface area contributed by atoms with E-state index >= 15 is 0 Å². The lowest BCUT2D eigenvalue weighted by Gasteiger charge is -2.36. The van der Waals surface area contributed by atoms with Gasteiger partial charge in [0.1, 0.15) is 6.04 Å². The summed E-state index contributed by atoms with van der Waals surface area (Å²) in [4.78, 5) is 31.1. The molecule has 0 radical (unpaired) electrons. The van der Waals surface area contributed by atoms with E-state index in [1.165, 1.54) is 0 Å². The molecular weight excluding hydrogens is 380 g/mol. The molecule has 2 heterocycles. The zero-order chi connectivity index (χ0) is 22.1. The molecule has 2 amide bonds. The Balaban J connectivity index is 1.83. The molecule has 1 aliphatic rings. The number of likely N-dealkylation sites (N-methyl/N-ethyl adjacent to an activating group) is 1. The Morgan fingerprint density at radius 2 is 2.00 bits per heavy atom. The number of para-hydroxylation sites is 1. The molecule has 7 nitrogen and oxygen atoms in total. The van der Waals surface area contributed by atoms with E-state index in [-0.39, 0.29) is 17.9 Å². The van der Waals surface area contributed by atoms with Gasteiger partial charge in [-0.25, -0.2) is 0 Å². The molecule has 1 aliphatic heterocycles. The van der Waals surface area contributed by atoms with Gasteiger partial charge in [0.15, 0.2) is 0 Å². The van der Waals surface area contributed by atoms with Gasteiger partial charge in [0.05, 0.1) is 18.2 Å². The first-order chi connectivity index (χ1) is 14.1. The number of aliphatic hydroxyl groups is 1. The van der Waals surface area contributed by atoms with Gasteiger partial charge >= 0.3 is 0 Å². The van der Waals surface area contributed by atoms with Crippen LogP contribution in [-0.2, 0) is 16.0 Å². The van der Waals surface area contributed by atoms with Crippen LogP contribution in [0.15, 0.2) is 30.5 Å². The fourth-order valence-electron chi connectivity index (χ4n) is 4.10.